The molecule has 0 aliphatic carbocycles. The summed E-state index contributed by atoms with van der Waals surface area (Å²) in [7, 11) is 0. The summed E-state index contributed by atoms with van der Waals surface area (Å²) in [4.78, 5) is 0. The van der Waals surface area contributed by atoms with E-state index in [4.69, 9.17) is 0 Å². The second-order valence-electron chi connectivity index (χ2n) is 3.17. The van der Waals surface area contributed by atoms with Gasteiger partial charge in [-0.25, -0.2) is 0 Å². The first-order chi connectivity index (χ1) is 4.41. The molecule has 0 aliphatic rings. The van der Waals surface area contributed by atoms with E-state index in [1.807, 2.05) is 6.92 Å². The van der Waals surface area contributed by atoms with Crippen molar-refractivity contribution >= 4 is 0 Å². The fourth-order valence-electron chi connectivity index (χ4n) is 0.144. The molecule has 0 N–H and O–H groups in total. The van der Waals surface area contributed by atoms with Crippen LogP contribution in [-0.2, 0) is 0 Å². The van der Waals surface area contributed by atoms with Crippen LogP contribution in [0.15, 0.2) is 0 Å². The fourth-order valence-corrected chi connectivity index (χ4v) is 0.144. The van der Waals surface area contributed by atoms with Crippen molar-refractivity contribution < 1.29 is 113 Å². The van der Waals surface area contributed by atoms with Gasteiger partial charge in [0.2, 0.25) is 0 Å². The largest absolute Gasteiger partial charge is 1.00 e. The van der Waals surface area contributed by atoms with Crippen LogP contribution in [0.4, 0.5) is 0 Å². The van der Waals surface area contributed by atoms with Crippen molar-refractivity contribution in [2.45, 2.75) is 46.1 Å². The summed E-state index contributed by atoms with van der Waals surface area (Å²) in [6.45, 7) is 7.00. The van der Waals surface area contributed by atoms with Crippen molar-refractivity contribution in [1.82, 2.24) is 0 Å². The summed E-state index contributed by atoms with van der Waals surface area (Å²) >= 11 is 0. The van der Waals surface area contributed by atoms with Crippen LogP contribution in [0.5, 0.6) is 0 Å². The van der Waals surface area contributed by atoms with E-state index in [9.17, 15) is 10.2 Å². The molecule has 0 saturated heterocycles. The average molecular weight is 224 g/mol. The second-order valence-corrected chi connectivity index (χ2v) is 3.17. The van der Waals surface area contributed by atoms with Gasteiger partial charge in [0.1, 0.15) is 0 Å². The van der Waals surface area contributed by atoms with Crippen molar-refractivity contribution in [3.63, 3.8) is 0 Å². The Labute approximate surface area is 162 Å². The first-order valence-corrected chi connectivity index (χ1v) is 3.70. The van der Waals surface area contributed by atoms with Gasteiger partial charge in [0.25, 0.3) is 0 Å². The normalized spacial score (nSPS) is 8.50. The Balaban J connectivity index is -0.0000000457. The minimum Gasteiger partial charge on any atom is -0.854 e. The smallest absolute Gasteiger partial charge is 0.854 e. The van der Waals surface area contributed by atoms with Crippen LogP contribution in [-0.4, -0.2) is 12.2 Å². The predicted octanol–water partition coefficient (Wildman–Crippen LogP) is -5.70. The number of hydrogen-bond donors (Lipinski definition) is 0. The van der Waals surface area contributed by atoms with Gasteiger partial charge in [0.15, 0.2) is 0 Å². The topological polar surface area (TPSA) is 46.1 Å². The first-order valence-electron chi connectivity index (χ1n) is 3.70. The van der Waals surface area contributed by atoms with Gasteiger partial charge in [-0.15, -0.1) is 12.2 Å². The molecular weight excluding hydrogens is 206 g/mol. The maximum atomic E-state index is 10.1. The van der Waals surface area contributed by atoms with Crippen molar-refractivity contribution in [3.8, 4) is 0 Å². The Kier molecular flexibility index (Phi) is 33.8. The zero-order valence-electron chi connectivity index (χ0n) is 9.44. The van der Waals surface area contributed by atoms with E-state index in [0.717, 1.165) is 12.8 Å². The molecule has 0 aliphatic heterocycles. The van der Waals surface area contributed by atoms with Gasteiger partial charge in [0.05, 0.1) is 0 Å². The van der Waals surface area contributed by atoms with Gasteiger partial charge >= 0.3 is 103 Å². The molecule has 0 saturated carbocycles. The molecule has 12 heavy (non-hydrogen) atoms. The molecular formula is C8H18K2O2. The third-order valence-corrected chi connectivity index (χ3v) is 0.498. The van der Waals surface area contributed by atoms with Crippen LogP contribution in [0.1, 0.15) is 40.5 Å². The molecule has 0 radical (unpaired) electrons. The van der Waals surface area contributed by atoms with Crippen LogP contribution < -0.4 is 113 Å². The van der Waals surface area contributed by atoms with Crippen LogP contribution in [0.3, 0.4) is 0 Å². The standard InChI is InChI=1S/2C4H9O.2K/c1-4(2,3)5;1-2-3-4-5;;/h1-3H3;2-4H2,1H3;;/q2*-1;2*+1. The summed E-state index contributed by atoms with van der Waals surface area (Å²) < 4.78 is 0. The summed E-state index contributed by atoms with van der Waals surface area (Å²) in [5, 5.41) is 19.6. The predicted molar refractivity (Wildman–Crippen MR) is 39.5 cm³/mol. The van der Waals surface area contributed by atoms with Gasteiger partial charge in [-0.2, -0.15) is 0 Å². The molecule has 2 nitrogen and oxygen atoms in total. The number of hydrogen-bond acceptors (Lipinski definition) is 2. The van der Waals surface area contributed by atoms with Gasteiger partial charge in [-0.3, -0.25) is 0 Å². The Bertz CT molecular complexity index is 54.6. The fraction of sp³-hybridized carbons (Fsp3) is 1.00. The molecule has 0 aromatic heterocycles. The maximum absolute atomic E-state index is 10.1. The summed E-state index contributed by atoms with van der Waals surface area (Å²) in [5.74, 6) is 0. The molecule has 0 amide bonds. The van der Waals surface area contributed by atoms with Crippen LogP contribution >= 0.6 is 0 Å². The van der Waals surface area contributed by atoms with Crippen molar-refractivity contribution in [1.29, 1.82) is 0 Å². The molecule has 0 heterocycles. The van der Waals surface area contributed by atoms with Crippen molar-refractivity contribution in [2.24, 2.45) is 0 Å². The third-order valence-electron chi connectivity index (χ3n) is 0.498. The summed E-state index contributed by atoms with van der Waals surface area (Å²) in [6, 6.07) is 0. The third kappa shape index (κ3) is 72.7. The average Bonchev–Trinajstić information content (AvgIpc) is 1.63. The first kappa shape index (κ1) is 24.4. The van der Waals surface area contributed by atoms with Crippen LogP contribution in [0.2, 0.25) is 0 Å². The molecule has 0 aromatic rings. The van der Waals surface area contributed by atoms with Crippen molar-refractivity contribution in [3.05, 3.63) is 0 Å². The molecule has 0 rings (SSSR count). The molecule has 0 fully saturated rings. The Morgan fingerprint density at radius 2 is 1.33 bits per heavy atom. The SMILES string of the molecule is CC(C)(C)[O-].CCCC[O-].[K+].[K+]. The van der Waals surface area contributed by atoms with Crippen molar-refractivity contribution in [2.75, 3.05) is 6.61 Å². The van der Waals surface area contributed by atoms with Gasteiger partial charge in [-0.1, -0.05) is 40.5 Å². The Morgan fingerprint density at radius 1 is 1.08 bits per heavy atom. The monoisotopic (exact) mass is 224 g/mol. The number of rotatable bonds is 2. The van der Waals surface area contributed by atoms with Crippen LogP contribution in [0, 0.1) is 0 Å². The Morgan fingerprint density at radius 3 is 1.33 bits per heavy atom. The van der Waals surface area contributed by atoms with E-state index >= 15 is 0 Å². The van der Waals surface area contributed by atoms with Gasteiger partial charge in [-0.05, 0) is 0 Å². The molecule has 0 unspecified atom stereocenters. The van der Waals surface area contributed by atoms with E-state index in [-0.39, 0.29) is 109 Å². The maximum Gasteiger partial charge on any atom is 1.00 e. The molecule has 64 valence electrons. The second kappa shape index (κ2) is 16.6. The van der Waals surface area contributed by atoms with Gasteiger partial charge in [0, 0.05) is 0 Å². The quantitative estimate of drug-likeness (QED) is 0.439. The van der Waals surface area contributed by atoms with E-state index < -0.39 is 5.60 Å². The molecule has 0 atom stereocenters. The molecule has 0 spiro atoms. The van der Waals surface area contributed by atoms with E-state index in [1.165, 1.54) is 0 Å². The minimum atomic E-state index is -0.750. The molecule has 0 aromatic carbocycles. The van der Waals surface area contributed by atoms with E-state index in [0.29, 0.717) is 0 Å². The summed E-state index contributed by atoms with van der Waals surface area (Å²) in [6.07, 6.45) is 1.86. The van der Waals surface area contributed by atoms with Gasteiger partial charge < -0.3 is 10.2 Å². The zero-order valence-corrected chi connectivity index (χ0v) is 15.7. The minimum absolute atomic E-state index is 0. The zero-order chi connectivity index (χ0) is 8.62. The molecule has 4 heteroatoms. The van der Waals surface area contributed by atoms with E-state index in [1.54, 1.807) is 20.8 Å². The Hall–Kier alpha value is 3.19. The van der Waals surface area contributed by atoms with E-state index in [2.05, 4.69) is 0 Å². The number of unbranched alkanes of at least 4 members (excludes halogenated alkanes) is 1. The summed E-state index contributed by atoms with van der Waals surface area (Å²) in [5.41, 5.74) is -0.750. The van der Waals surface area contributed by atoms with Crippen LogP contribution in [0.25, 0.3) is 0 Å². The molecule has 0 bridgehead atoms.